The standard InChI is InChI=1S/C18H23F3N2O3/c1-10-12(8-17(25)26)14-7-13(11(2)24)15(18(19,20)21)9-16(14)23(10)6-5-22(3)4/h7,9,11,24H,5-6,8H2,1-4H3,(H,25,26). The van der Waals surface area contributed by atoms with Gasteiger partial charge in [0.05, 0.1) is 18.1 Å². The summed E-state index contributed by atoms with van der Waals surface area (Å²) in [4.78, 5) is 13.1. The summed E-state index contributed by atoms with van der Waals surface area (Å²) in [6.07, 6.45) is -6.22. The third-order valence-electron chi connectivity index (χ3n) is 4.48. The van der Waals surface area contributed by atoms with E-state index in [4.69, 9.17) is 0 Å². The number of benzene rings is 1. The second kappa shape index (κ2) is 7.28. The van der Waals surface area contributed by atoms with Crippen LogP contribution in [0.5, 0.6) is 0 Å². The first-order valence-corrected chi connectivity index (χ1v) is 8.20. The first kappa shape index (κ1) is 20.3. The summed E-state index contributed by atoms with van der Waals surface area (Å²) in [6, 6.07) is 2.30. The van der Waals surface area contributed by atoms with E-state index in [0.717, 1.165) is 6.07 Å². The molecule has 8 heteroatoms. The topological polar surface area (TPSA) is 65.7 Å². The maximum Gasteiger partial charge on any atom is 0.416 e. The number of hydrogen-bond donors (Lipinski definition) is 2. The van der Waals surface area contributed by atoms with E-state index in [0.29, 0.717) is 35.2 Å². The van der Waals surface area contributed by atoms with Crippen molar-refractivity contribution in [2.24, 2.45) is 0 Å². The number of nitrogens with zero attached hydrogens (tertiary/aromatic N) is 2. The maximum absolute atomic E-state index is 13.5. The predicted molar refractivity (Wildman–Crippen MR) is 92.2 cm³/mol. The van der Waals surface area contributed by atoms with Crippen molar-refractivity contribution in [2.75, 3.05) is 20.6 Å². The van der Waals surface area contributed by atoms with Crippen LogP contribution in [0.25, 0.3) is 10.9 Å². The number of aliphatic hydroxyl groups is 1. The number of carboxylic acid groups (broad SMARTS) is 1. The Bertz CT molecular complexity index is 823. The molecule has 0 aliphatic heterocycles. The summed E-state index contributed by atoms with van der Waals surface area (Å²) in [7, 11) is 3.71. The Morgan fingerprint density at radius 1 is 1.31 bits per heavy atom. The minimum absolute atomic E-state index is 0.249. The number of aromatic nitrogens is 1. The average molecular weight is 372 g/mol. The Labute approximate surface area is 149 Å². The summed E-state index contributed by atoms with van der Waals surface area (Å²) in [5.74, 6) is -1.06. The summed E-state index contributed by atoms with van der Waals surface area (Å²) in [5.41, 5.74) is 0.284. The van der Waals surface area contributed by atoms with Gasteiger partial charge in [-0.25, -0.2) is 0 Å². The molecule has 1 aromatic heterocycles. The SMILES string of the molecule is Cc1c(CC(=O)O)c2cc(C(C)O)c(C(F)(F)F)cc2n1CCN(C)C. The van der Waals surface area contributed by atoms with E-state index in [-0.39, 0.29) is 12.0 Å². The van der Waals surface area contributed by atoms with Crippen LogP contribution >= 0.6 is 0 Å². The fraction of sp³-hybridized carbons (Fsp3) is 0.500. The summed E-state index contributed by atoms with van der Waals surface area (Å²) in [5, 5.41) is 19.5. The van der Waals surface area contributed by atoms with Crippen LogP contribution in [-0.4, -0.2) is 46.3 Å². The Hall–Kier alpha value is -2.06. The lowest BCUT2D eigenvalue weighted by Gasteiger charge is -2.17. The normalized spacial score (nSPS) is 13.6. The molecule has 2 N–H and O–H groups in total. The second-order valence-electron chi connectivity index (χ2n) is 6.72. The molecule has 2 aromatic rings. The van der Waals surface area contributed by atoms with E-state index in [1.54, 1.807) is 11.5 Å². The predicted octanol–water partition coefficient (Wildman–Crippen LogP) is 3.21. The molecule has 2 rings (SSSR count). The van der Waals surface area contributed by atoms with Crippen molar-refractivity contribution in [1.82, 2.24) is 9.47 Å². The fourth-order valence-corrected chi connectivity index (χ4v) is 3.16. The number of aliphatic carboxylic acids is 1. The van der Waals surface area contributed by atoms with E-state index >= 15 is 0 Å². The Kier molecular flexibility index (Phi) is 5.67. The molecule has 1 unspecified atom stereocenters. The van der Waals surface area contributed by atoms with Crippen molar-refractivity contribution in [3.8, 4) is 0 Å². The first-order chi connectivity index (χ1) is 11.9. The van der Waals surface area contributed by atoms with Gasteiger partial charge in [-0.1, -0.05) is 0 Å². The van der Waals surface area contributed by atoms with Gasteiger partial charge >= 0.3 is 12.1 Å². The molecule has 0 amide bonds. The van der Waals surface area contributed by atoms with Crippen molar-refractivity contribution in [3.63, 3.8) is 0 Å². The summed E-state index contributed by atoms with van der Waals surface area (Å²) >= 11 is 0. The number of carbonyl (C=O) groups is 1. The van der Waals surface area contributed by atoms with Crippen molar-refractivity contribution in [3.05, 3.63) is 34.5 Å². The molecule has 1 atom stereocenters. The largest absolute Gasteiger partial charge is 0.481 e. The van der Waals surface area contributed by atoms with Gasteiger partial charge < -0.3 is 19.7 Å². The quantitative estimate of drug-likeness (QED) is 0.817. The first-order valence-electron chi connectivity index (χ1n) is 8.20. The molecule has 1 aromatic carbocycles. The van der Waals surface area contributed by atoms with Gasteiger partial charge in [0.2, 0.25) is 0 Å². The van der Waals surface area contributed by atoms with E-state index < -0.39 is 23.8 Å². The molecule has 0 saturated carbocycles. The van der Waals surface area contributed by atoms with Crippen LogP contribution < -0.4 is 0 Å². The highest BCUT2D eigenvalue weighted by Crippen LogP contribution is 2.39. The zero-order chi connectivity index (χ0) is 19.8. The number of rotatable bonds is 6. The Balaban J connectivity index is 2.81. The summed E-state index contributed by atoms with van der Waals surface area (Å²) in [6.45, 7) is 4.00. The highest BCUT2D eigenvalue weighted by molar-refractivity contribution is 5.90. The van der Waals surface area contributed by atoms with Gasteiger partial charge in [-0.3, -0.25) is 4.79 Å². The smallest absolute Gasteiger partial charge is 0.416 e. The molecule has 26 heavy (non-hydrogen) atoms. The zero-order valence-electron chi connectivity index (χ0n) is 15.2. The summed E-state index contributed by atoms with van der Waals surface area (Å²) < 4.78 is 42.1. The molecule has 0 fully saturated rings. The van der Waals surface area contributed by atoms with E-state index in [1.165, 1.54) is 13.0 Å². The third-order valence-corrected chi connectivity index (χ3v) is 4.48. The molecule has 0 spiro atoms. The lowest BCUT2D eigenvalue weighted by molar-refractivity contribution is -0.139. The fourth-order valence-electron chi connectivity index (χ4n) is 3.16. The lowest BCUT2D eigenvalue weighted by atomic mass is 9.98. The monoisotopic (exact) mass is 372 g/mol. The van der Waals surface area contributed by atoms with Crippen LogP contribution in [0.2, 0.25) is 0 Å². The minimum Gasteiger partial charge on any atom is -0.481 e. The van der Waals surface area contributed by atoms with Gasteiger partial charge in [0, 0.05) is 29.7 Å². The van der Waals surface area contributed by atoms with E-state index in [1.807, 2.05) is 19.0 Å². The van der Waals surface area contributed by atoms with Gasteiger partial charge in [-0.05, 0) is 51.2 Å². The van der Waals surface area contributed by atoms with Crippen molar-refractivity contribution in [1.29, 1.82) is 0 Å². The molecule has 0 aliphatic rings. The van der Waals surface area contributed by atoms with Crippen LogP contribution in [-0.2, 0) is 23.9 Å². The van der Waals surface area contributed by atoms with Crippen molar-refractivity contribution in [2.45, 2.75) is 39.1 Å². The van der Waals surface area contributed by atoms with Crippen LogP contribution in [0.3, 0.4) is 0 Å². The van der Waals surface area contributed by atoms with Crippen LogP contribution in [0, 0.1) is 6.92 Å². The number of likely N-dealkylation sites (N-methyl/N-ethyl adjacent to an activating group) is 1. The van der Waals surface area contributed by atoms with E-state index in [2.05, 4.69) is 0 Å². The van der Waals surface area contributed by atoms with Crippen molar-refractivity contribution < 1.29 is 28.2 Å². The molecule has 1 heterocycles. The van der Waals surface area contributed by atoms with Gasteiger partial charge in [0.25, 0.3) is 0 Å². The zero-order valence-corrected chi connectivity index (χ0v) is 15.2. The average Bonchev–Trinajstić information content (AvgIpc) is 2.74. The number of alkyl halides is 3. The maximum atomic E-state index is 13.5. The number of fused-ring (bicyclic) bond motifs is 1. The highest BCUT2D eigenvalue weighted by atomic mass is 19.4. The van der Waals surface area contributed by atoms with Gasteiger partial charge in [0.15, 0.2) is 0 Å². The molecule has 0 radical (unpaired) electrons. The Morgan fingerprint density at radius 2 is 1.92 bits per heavy atom. The number of aliphatic hydroxyl groups excluding tert-OH is 1. The number of carboxylic acids is 1. The van der Waals surface area contributed by atoms with Gasteiger partial charge in [-0.2, -0.15) is 13.2 Å². The Morgan fingerprint density at radius 3 is 2.38 bits per heavy atom. The van der Waals surface area contributed by atoms with E-state index in [9.17, 15) is 28.2 Å². The molecular weight excluding hydrogens is 349 g/mol. The number of halogens is 3. The van der Waals surface area contributed by atoms with Crippen molar-refractivity contribution >= 4 is 16.9 Å². The van der Waals surface area contributed by atoms with Gasteiger partial charge in [-0.15, -0.1) is 0 Å². The van der Waals surface area contributed by atoms with Crippen LogP contribution in [0.15, 0.2) is 12.1 Å². The van der Waals surface area contributed by atoms with Gasteiger partial charge in [0.1, 0.15) is 0 Å². The van der Waals surface area contributed by atoms with Crippen LogP contribution in [0.1, 0.15) is 35.4 Å². The molecular formula is C18H23F3N2O3. The third kappa shape index (κ3) is 4.02. The van der Waals surface area contributed by atoms with Crippen LogP contribution in [0.4, 0.5) is 13.2 Å². The molecule has 5 nitrogen and oxygen atoms in total. The lowest BCUT2D eigenvalue weighted by Crippen LogP contribution is -2.19. The minimum atomic E-state index is -4.61. The molecule has 0 bridgehead atoms. The molecule has 0 saturated heterocycles. The second-order valence-corrected chi connectivity index (χ2v) is 6.72. The number of hydrogen-bond acceptors (Lipinski definition) is 3. The highest BCUT2D eigenvalue weighted by Gasteiger charge is 2.35. The molecule has 0 aliphatic carbocycles. The molecule has 144 valence electrons.